The van der Waals surface area contributed by atoms with Crippen molar-refractivity contribution in [2.75, 3.05) is 11.9 Å². The van der Waals surface area contributed by atoms with Crippen molar-refractivity contribution in [3.05, 3.63) is 28.2 Å². The zero-order valence-corrected chi connectivity index (χ0v) is 13.1. The monoisotopic (exact) mass is 324 g/mol. The van der Waals surface area contributed by atoms with E-state index in [1.165, 1.54) is 0 Å². The normalized spacial score (nSPS) is 23.1. The van der Waals surface area contributed by atoms with E-state index in [1.54, 1.807) is 0 Å². The molecule has 19 heavy (non-hydrogen) atoms. The summed E-state index contributed by atoms with van der Waals surface area (Å²) in [5.74, 6) is 0.705. The molecule has 3 nitrogen and oxygen atoms in total. The number of hydrogen-bond donors (Lipinski definition) is 2. The summed E-state index contributed by atoms with van der Waals surface area (Å²) >= 11 is 3.46. The highest BCUT2D eigenvalue weighted by molar-refractivity contribution is 9.10. The lowest BCUT2D eigenvalue weighted by molar-refractivity contribution is -0.119. The zero-order valence-electron chi connectivity index (χ0n) is 11.5. The summed E-state index contributed by atoms with van der Waals surface area (Å²) in [5.41, 5.74) is 2.09. The van der Waals surface area contributed by atoms with Crippen LogP contribution in [0.1, 0.15) is 32.3 Å². The van der Waals surface area contributed by atoms with Gasteiger partial charge in [-0.15, -0.1) is 0 Å². The van der Waals surface area contributed by atoms with Gasteiger partial charge in [-0.3, -0.25) is 4.79 Å². The van der Waals surface area contributed by atoms with Crippen molar-refractivity contribution >= 4 is 27.5 Å². The van der Waals surface area contributed by atoms with Crippen LogP contribution >= 0.6 is 15.9 Å². The highest BCUT2D eigenvalue weighted by Gasteiger charge is 2.24. The van der Waals surface area contributed by atoms with E-state index >= 15 is 0 Å². The van der Waals surface area contributed by atoms with Crippen LogP contribution in [0.15, 0.2) is 22.7 Å². The first kappa shape index (κ1) is 14.5. The van der Waals surface area contributed by atoms with Crippen molar-refractivity contribution in [3.63, 3.8) is 0 Å². The summed E-state index contributed by atoms with van der Waals surface area (Å²) in [5, 5.41) is 6.35. The Morgan fingerprint density at radius 1 is 1.53 bits per heavy atom. The summed E-state index contributed by atoms with van der Waals surface area (Å²) in [6, 6.07) is 5.93. The van der Waals surface area contributed by atoms with E-state index in [-0.39, 0.29) is 11.9 Å². The number of carbonyl (C=O) groups excluding carboxylic acids is 1. The van der Waals surface area contributed by atoms with Crippen LogP contribution in [0.3, 0.4) is 0 Å². The van der Waals surface area contributed by atoms with Crippen LogP contribution in [0.5, 0.6) is 0 Å². The maximum Gasteiger partial charge on any atom is 0.241 e. The number of nitrogens with one attached hydrogen (secondary N) is 2. The molecule has 2 unspecified atom stereocenters. The molecule has 0 aromatic heterocycles. The largest absolute Gasteiger partial charge is 0.324 e. The third-order valence-electron chi connectivity index (χ3n) is 3.69. The minimum atomic E-state index is -0.0582. The minimum absolute atomic E-state index is 0.0582. The Balaban J connectivity index is 2.06. The lowest BCUT2D eigenvalue weighted by atomic mass is 9.94. The molecule has 1 amide bonds. The van der Waals surface area contributed by atoms with Gasteiger partial charge < -0.3 is 10.6 Å². The van der Waals surface area contributed by atoms with Crippen LogP contribution in [-0.2, 0) is 11.2 Å². The van der Waals surface area contributed by atoms with Gasteiger partial charge in [0.1, 0.15) is 0 Å². The molecule has 4 heteroatoms. The van der Waals surface area contributed by atoms with Gasteiger partial charge in [0.2, 0.25) is 5.91 Å². The molecule has 1 aliphatic heterocycles. The molecule has 0 radical (unpaired) electrons. The van der Waals surface area contributed by atoms with Crippen LogP contribution in [0.25, 0.3) is 0 Å². The molecule has 1 heterocycles. The number of benzene rings is 1. The number of aryl methyl sites for hydroxylation is 1. The molecule has 1 aromatic carbocycles. The summed E-state index contributed by atoms with van der Waals surface area (Å²) in [7, 11) is 0. The summed E-state index contributed by atoms with van der Waals surface area (Å²) in [6.07, 6.45) is 2.98. The molecule has 104 valence electrons. The maximum atomic E-state index is 12.3. The van der Waals surface area contributed by atoms with Gasteiger partial charge in [-0.1, -0.05) is 29.8 Å². The van der Waals surface area contributed by atoms with Crippen molar-refractivity contribution < 1.29 is 4.79 Å². The van der Waals surface area contributed by atoms with Crippen LogP contribution in [0.2, 0.25) is 0 Å². The van der Waals surface area contributed by atoms with Crippen molar-refractivity contribution in [1.82, 2.24) is 5.32 Å². The molecule has 2 atom stereocenters. The first-order valence-corrected chi connectivity index (χ1v) is 7.72. The Labute approximate surface area is 123 Å². The van der Waals surface area contributed by atoms with Gasteiger partial charge in [0.15, 0.2) is 0 Å². The second-order valence-electron chi connectivity index (χ2n) is 5.28. The number of hydrogen-bond acceptors (Lipinski definition) is 2. The maximum absolute atomic E-state index is 12.3. The van der Waals surface area contributed by atoms with E-state index in [4.69, 9.17) is 0 Å². The van der Waals surface area contributed by atoms with E-state index in [1.807, 2.05) is 12.1 Å². The third-order valence-corrected chi connectivity index (χ3v) is 4.18. The Bertz CT molecular complexity index is 461. The highest BCUT2D eigenvalue weighted by atomic mass is 79.9. The second kappa shape index (κ2) is 6.53. The van der Waals surface area contributed by atoms with E-state index in [0.29, 0.717) is 5.92 Å². The zero-order chi connectivity index (χ0) is 13.8. The fourth-order valence-electron chi connectivity index (χ4n) is 2.50. The van der Waals surface area contributed by atoms with E-state index < -0.39 is 0 Å². The molecule has 1 fully saturated rings. The van der Waals surface area contributed by atoms with Crippen LogP contribution < -0.4 is 10.6 Å². The number of piperidine rings is 1. The molecule has 0 spiro atoms. The molecule has 1 aromatic rings. The van der Waals surface area contributed by atoms with Crippen LogP contribution in [0.4, 0.5) is 5.69 Å². The highest BCUT2D eigenvalue weighted by Crippen LogP contribution is 2.23. The van der Waals surface area contributed by atoms with Gasteiger partial charge in [-0.25, -0.2) is 0 Å². The molecule has 1 saturated heterocycles. The average Bonchev–Trinajstić information content (AvgIpc) is 2.40. The lowest BCUT2D eigenvalue weighted by Crippen LogP contribution is -2.45. The average molecular weight is 325 g/mol. The SMILES string of the molecule is CCc1cc(Br)ccc1NC(=O)C1CC(C)CCN1. The van der Waals surface area contributed by atoms with Crippen molar-refractivity contribution in [3.8, 4) is 0 Å². The van der Waals surface area contributed by atoms with Crippen LogP contribution in [0, 0.1) is 5.92 Å². The predicted molar refractivity (Wildman–Crippen MR) is 82.3 cm³/mol. The fourth-order valence-corrected chi connectivity index (χ4v) is 2.91. The van der Waals surface area contributed by atoms with Gasteiger partial charge in [0, 0.05) is 10.2 Å². The predicted octanol–water partition coefficient (Wildman–Crippen LogP) is 3.34. The fraction of sp³-hybridized carbons (Fsp3) is 0.533. The van der Waals surface area contributed by atoms with Gasteiger partial charge >= 0.3 is 0 Å². The topological polar surface area (TPSA) is 41.1 Å². The van der Waals surface area contributed by atoms with Gasteiger partial charge in [-0.05, 0) is 55.5 Å². The first-order valence-electron chi connectivity index (χ1n) is 6.92. The van der Waals surface area contributed by atoms with Crippen molar-refractivity contribution in [2.24, 2.45) is 5.92 Å². The molecule has 2 rings (SSSR count). The molecule has 0 bridgehead atoms. The van der Waals surface area contributed by atoms with E-state index in [2.05, 4.69) is 46.5 Å². The van der Waals surface area contributed by atoms with Gasteiger partial charge in [0.25, 0.3) is 0 Å². The summed E-state index contributed by atoms with van der Waals surface area (Å²) in [6.45, 7) is 5.23. The molecule has 1 aliphatic rings. The summed E-state index contributed by atoms with van der Waals surface area (Å²) < 4.78 is 1.05. The van der Waals surface area contributed by atoms with Crippen LogP contribution in [-0.4, -0.2) is 18.5 Å². The Morgan fingerprint density at radius 2 is 2.32 bits per heavy atom. The Morgan fingerprint density at radius 3 is 3.00 bits per heavy atom. The molecular formula is C15H21BrN2O. The molecule has 2 N–H and O–H groups in total. The Kier molecular flexibility index (Phi) is 4.99. The van der Waals surface area contributed by atoms with Crippen molar-refractivity contribution in [2.45, 2.75) is 39.2 Å². The van der Waals surface area contributed by atoms with Gasteiger partial charge in [-0.2, -0.15) is 0 Å². The van der Waals surface area contributed by atoms with E-state index in [9.17, 15) is 4.79 Å². The number of halogens is 1. The Hall–Kier alpha value is -0.870. The molecule has 0 saturated carbocycles. The second-order valence-corrected chi connectivity index (χ2v) is 6.20. The molecular weight excluding hydrogens is 304 g/mol. The number of amides is 1. The quantitative estimate of drug-likeness (QED) is 0.895. The molecule has 0 aliphatic carbocycles. The van der Waals surface area contributed by atoms with E-state index in [0.717, 1.165) is 41.5 Å². The van der Waals surface area contributed by atoms with Crippen molar-refractivity contribution in [1.29, 1.82) is 0 Å². The minimum Gasteiger partial charge on any atom is -0.324 e. The number of anilines is 1. The standard InChI is InChI=1S/C15H21BrN2O/c1-3-11-9-12(16)4-5-13(11)18-15(19)14-8-10(2)6-7-17-14/h4-5,9-10,14,17H,3,6-8H2,1-2H3,(H,18,19). The number of carbonyl (C=O) groups is 1. The number of rotatable bonds is 3. The third kappa shape index (κ3) is 3.80. The first-order chi connectivity index (χ1) is 9.10. The van der Waals surface area contributed by atoms with Gasteiger partial charge in [0.05, 0.1) is 6.04 Å². The smallest absolute Gasteiger partial charge is 0.241 e. The summed E-state index contributed by atoms with van der Waals surface area (Å²) in [4.78, 5) is 12.3. The lowest BCUT2D eigenvalue weighted by Gasteiger charge is -2.27.